The van der Waals surface area contributed by atoms with Crippen molar-refractivity contribution in [2.75, 3.05) is 18.5 Å². The average Bonchev–Trinajstić information content (AvgIpc) is 2.40. The molecule has 3 nitrogen and oxygen atoms in total. The lowest BCUT2D eigenvalue weighted by Gasteiger charge is -2.38. The van der Waals surface area contributed by atoms with E-state index in [4.69, 9.17) is 4.98 Å². The quantitative estimate of drug-likeness (QED) is 0.919. The van der Waals surface area contributed by atoms with Crippen molar-refractivity contribution in [1.82, 2.24) is 10.3 Å². The fourth-order valence-electron chi connectivity index (χ4n) is 3.02. The zero-order valence-electron chi connectivity index (χ0n) is 14.5. The molecule has 2 heterocycles. The number of rotatable bonds is 3. The lowest BCUT2D eigenvalue weighted by Crippen LogP contribution is -2.42. The third kappa shape index (κ3) is 3.97. The van der Waals surface area contributed by atoms with Gasteiger partial charge in [-0.3, -0.25) is 0 Å². The van der Waals surface area contributed by atoms with Crippen LogP contribution in [0.3, 0.4) is 0 Å². The fourth-order valence-corrected chi connectivity index (χ4v) is 3.02. The van der Waals surface area contributed by atoms with Gasteiger partial charge in [0, 0.05) is 30.2 Å². The van der Waals surface area contributed by atoms with Crippen molar-refractivity contribution in [3.05, 3.63) is 23.4 Å². The molecule has 2 rings (SSSR count). The lowest BCUT2D eigenvalue weighted by atomic mass is 9.90. The van der Waals surface area contributed by atoms with Crippen molar-refractivity contribution in [1.29, 1.82) is 0 Å². The van der Waals surface area contributed by atoms with E-state index in [-0.39, 0.29) is 5.41 Å². The lowest BCUT2D eigenvalue weighted by molar-refractivity contribution is 0.387. The molecule has 1 aromatic heterocycles. The summed E-state index contributed by atoms with van der Waals surface area (Å²) < 4.78 is 0. The highest BCUT2D eigenvalue weighted by Gasteiger charge is 2.26. The van der Waals surface area contributed by atoms with Crippen LogP contribution in [0.4, 0.5) is 5.82 Å². The third-order valence-electron chi connectivity index (χ3n) is 4.43. The number of aromatic nitrogens is 1. The molecule has 2 unspecified atom stereocenters. The summed E-state index contributed by atoms with van der Waals surface area (Å²) in [6, 6.07) is 5.10. The topological polar surface area (TPSA) is 28.2 Å². The monoisotopic (exact) mass is 289 g/mol. The predicted octanol–water partition coefficient (Wildman–Crippen LogP) is 3.72. The minimum Gasteiger partial charge on any atom is -0.354 e. The van der Waals surface area contributed by atoms with Crippen molar-refractivity contribution in [3.63, 3.8) is 0 Å². The minimum atomic E-state index is 0.0865. The number of anilines is 1. The SMILES string of the molecule is CNCc1cc(N2CC(C)CCC2C)nc(C(C)(C)C)c1. The first-order chi connectivity index (χ1) is 9.81. The second-order valence-electron chi connectivity index (χ2n) is 7.68. The molecule has 2 atom stereocenters. The third-order valence-corrected chi connectivity index (χ3v) is 4.43. The largest absolute Gasteiger partial charge is 0.354 e. The number of nitrogens with zero attached hydrogens (tertiary/aromatic N) is 2. The Morgan fingerprint density at radius 2 is 1.95 bits per heavy atom. The van der Waals surface area contributed by atoms with Crippen LogP contribution in [0.25, 0.3) is 0 Å². The van der Waals surface area contributed by atoms with E-state index in [2.05, 4.69) is 57.0 Å². The first-order valence-electron chi connectivity index (χ1n) is 8.24. The number of nitrogens with one attached hydrogen (secondary N) is 1. The first kappa shape index (κ1) is 16.3. The summed E-state index contributed by atoms with van der Waals surface area (Å²) in [4.78, 5) is 7.50. The molecule has 0 amide bonds. The zero-order chi connectivity index (χ0) is 15.6. The molecule has 0 saturated carbocycles. The van der Waals surface area contributed by atoms with E-state index in [1.807, 2.05) is 7.05 Å². The molecule has 1 aliphatic heterocycles. The van der Waals surface area contributed by atoms with Crippen LogP contribution in [-0.2, 0) is 12.0 Å². The van der Waals surface area contributed by atoms with Crippen LogP contribution in [0.2, 0.25) is 0 Å². The zero-order valence-corrected chi connectivity index (χ0v) is 14.5. The molecule has 1 fully saturated rings. The van der Waals surface area contributed by atoms with Gasteiger partial charge in [0.05, 0.1) is 0 Å². The second kappa shape index (κ2) is 6.35. The van der Waals surface area contributed by atoms with Gasteiger partial charge in [-0.05, 0) is 50.4 Å². The van der Waals surface area contributed by atoms with Gasteiger partial charge in [0.25, 0.3) is 0 Å². The van der Waals surface area contributed by atoms with E-state index < -0.39 is 0 Å². The Balaban J connectivity index is 2.39. The molecule has 0 bridgehead atoms. The van der Waals surface area contributed by atoms with Gasteiger partial charge in [-0.2, -0.15) is 0 Å². The summed E-state index contributed by atoms with van der Waals surface area (Å²) in [5.74, 6) is 1.92. The van der Waals surface area contributed by atoms with Crippen molar-refractivity contribution < 1.29 is 0 Å². The number of hydrogen-bond acceptors (Lipinski definition) is 3. The van der Waals surface area contributed by atoms with E-state index >= 15 is 0 Å². The van der Waals surface area contributed by atoms with Crippen LogP contribution in [-0.4, -0.2) is 24.6 Å². The number of pyridine rings is 1. The summed E-state index contributed by atoms with van der Waals surface area (Å²) in [5, 5.41) is 3.27. The summed E-state index contributed by atoms with van der Waals surface area (Å²) >= 11 is 0. The van der Waals surface area contributed by atoms with Crippen molar-refractivity contribution in [3.8, 4) is 0 Å². The van der Waals surface area contributed by atoms with Crippen LogP contribution >= 0.6 is 0 Å². The van der Waals surface area contributed by atoms with Crippen LogP contribution in [0.1, 0.15) is 58.7 Å². The van der Waals surface area contributed by atoms with Crippen LogP contribution in [0, 0.1) is 5.92 Å². The highest BCUT2D eigenvalue weighted by molar-refractivity contribution is 5.45. The van der Waals surface area contributed by atoms with Gasteiger partial charge in [0.15, 0.2) is 0 Å². The maximum atomic E-state index is 4.99. The highest BCUT2D eigenvalue weighted by atomic mass is 15.2. The Morgan fingerprint density at radius 1 is 1.24 bits per heavy atom. The predicted molar refractivity (Wildman–Crippen MR) is 90.9 cm³/mol. The molecule has 0 radical (unpaired) electrons. The van der Waals surface area contributed by atoms with Gasteiger partial charge in [-0.25, -0.2) is 4.98 Å². The Bertz CT molecular complexity index is 476. The number of piperidine rings is 1. The minimum absolute atomic E-state index is 0.0865. The maximum Gasteiger partial charge on any atom is 0.129 e. The highest BCUT2D eigenvalue weighted by Crippen LogP contribution is 2.30. The molecule has 1 aliphatic rings. The van der Waals surface area contributed by atoms with Crippen LogP contribution in [0.15, 0.2) is 12.1 Å². The maximum absolute atomic E-state index is 4.99. The first-order valence-corrected chi connectivity index (χ1v) is 8.24. The van der Waals surface area contributed by atoms with Gasteiger partial charge in [0.2, 0.25) is 0 Å². The Kier molecular flexibility index (Phi) is 4.92. The summed E-state index contributed by atoms with van der Waals surface area (Å²) in [7, 11) is 2.00. The van der Waals surface area contributed by atoms with Crippen molar-refractivity contribution >= 4 is 5.82 Å². The van der Waals surface area contributed by atoms with Gasteiger partial charge in [0.1, 0.15) is 5.82 Å². The van der Waals surface area contributed by atoms with Gasteiger partial charge in [-0.15, -0.1) is 0 Å². The Hall–Kier alpha value is -1.09. The van der Waals surface area contributed by atoms with Gasteiger partial charge < -0.3 is 10.2 Å². The standard InChI is InChI=1S/C18H31N3/c1-13-7-8-14(2)21(12-13)17-10-15(11-19-6)9-16(20-17)18(3,4)5/h9-10,13-14,19H,7-8,11-12H2,1-6H3. The average molecular weight is 289 g/mol. The molecular formula is C18H31N3. The molecule has 1 N–H and O–H groups in total. The van der Waals surface area contributed by atoms with Crippen molar-refractivity contribution in [2.24, 2.45) is 5.92 Å². The van der Waals surface area contributed by atoms with Crippen molar-refractivity contribution in [2.45, 2.75) is 65.5 Å². The molecule has 0 spiro atoms. The van der Waals surface area contributed by atoms with Crippen LogP contribution in [0.5, 0.6) is 0 Å². The van der Waals surface area contributed by atoms with Gasteiger partial charge in [-0.1, -0.05) is 27.7 Å². The molecule has 118 valence electrons. The summed E-state index contributed by atoms with van der Waals surface area (Å²) in [6.45, 7) is 13.4. The van der Waals surface area contributed by atoms with Gasteiger partial charge >= 0.3 is 0 Å². The molecule has 1 saturated heterocycles. The smallest absolute Gasteiger partial charge is 0.129 e. The molecular weight excluding hydrogens is 258 g/mol. The van der Waals surface area contributed by atoms with E-state index in [1.165, 1.54) is 24.1 Å². The summed E-state index contributed by atoms with van der Waals surface area (Å²) in [6.07, 6.45) is 2.60. The molecule has 0 aromatic carbocycles. The molecule has 0 aliphatic carbocycles. The Morgan fingerprint density at radius 3 is 2.57 bits per heavy atom. The Labute approximate surface area is 130 Å². The molecule has 1 aromatic rings. The normalized spacial score (nSPS) is 23.4. The summed E-state index contributed by atoms with van der Waals surface area (Å²) in [5.41, 5.74) is 2.61. The van der Waals surface area contributed by atoms with E-state index in [0.29, 0.717) is 6.04 Å². The van der Waals surface area contributed by atoms with E-state index in [0.717, 1.165) is 24.8 Å². The molecule has 3 heteroatoms. The van der Waals surface area contributed by atoms with E-state index in [9.17, 15) is 0 Å². The molecule has 21 heavy (non-hydrogen) atoms. The fraction of sp³-hybridized carbons (Fsp3) is 0.722. The van der Waals surface area contributed by atoms with Crippen LogP contribution < -0.4 is 10.2 Å². The second-order valence-corrected chi connectivity index (χ2v) is 7.68. The number of hydrogen-bond donors (Lipinski definition) is 1. The van der Waals surface area contributed by atoms with E-state index in [1.54, 1.807) is 0 Å².